The molecule has 12 nitrogen and oxygen atoms in total. The van der Waals surface area contributed by atoms with Crippen molar-refractivity contribution in [1.29, 1.82) is 0 Å². The summed E-state index contributed by atoms with van der Waals surface area (Å²) in [5, 5.41) is 29.4. The predicted molar refractivity (Wildman–Crippen MR) is 232 cm³/mol. The molecular formula is C48H56N4O8. The van der Waals surface area contributed by atoms with E-state index in [-0.39, 0.29) is 18.9 Å². The van der Waals surface area contributed by atoms with Gasteiger partial charge < -0.3 is 38.6 Å². The molecule has 0 atom stereocenters. The van der Waals surface area contributed by atoms with Gasteiger partial charge >= 0.3 is 12.1 Å². The molecule has 1 saturated heterocycles. The minimum Gasteiger partial charge on any atom is -0.493 e. The third kappa shape index (κ3) is 9.45. The van der Waals surface area contributed by atoms with Crippen LogP contribution in [-0.2, 0) is 42.7 Å². The van der Waals surface area contributed by atoms with Crippen LogP contribution in [-0.4, -0.2) is 80.5 Å². The molecular weight excluding hydrogens is 761 g/mol. The molecule has 1 fully saturated rings. The number of carbonyl (C=O) groups excluding carboxylic acids is 1. The highest BCUT2D eigenvalue weighted by Gasteiger charge is 2.28. The Balaban J connectivity index is 1.22. The van der Waals surface area contributed by atoms with E-state index in [1.165, 1.54) is 10.5 Å². The maximum atomic E-state index is 13.4. The number of para-hydroxylation sites is 1. The monoisotopic (exact) mass is 816 g/mol. The Morgan fingerprint density at radius 3 is 2.37 bits per heavy atom. The first-order valence-electron chi connectivity index (χ1n) is 20.8. The number of hydrogen-bond donors (Lipinski definition) is 2. The fourth-order valence-corrected chi connectivity index (χ4v) is 8.28. The van der Waals surface area contributed by atoms with E-state index >= 15 is 0 Å². The first-order chi connectivity index (χ1) is 28.9. The Hall–Kier alpha value is -5.85. The van der Waals surface area contributed by atoms with Crippen molar-refractivity contribution in [3.8, 4) is 22.6 Å². The van der Waals surface area contributed by atoms with E-state index in [1.807, 2.05) is 98.1 Å². The third-order valence-electron chi connectivity index (χ3n) is 11.2. The molecule has 4 aromatic carbocycles. The number of carboxylic acids is 1. The molecule has 0 unspecified atom stereocenters. The number of aliphatic hydroxyl groups is 1. The summed E-state index contributed by atoms with van der Waals surface area (Å²) in [4.78, 5) is 27.8. The van der Waals surface area contributed by atoms with E-state index in [1.54, 1.807) is 18.8 Å². The summed E-state index contributed by atoms with van der Waals surface area (Å²) in [6.45, 7) is 7.87. The Morgan fingerprint density at radius 1 is 0.917 bits per heavy atom. The van der Waals surface area contributed by atoms with Gasteiger partial charge in [-0.05, 0) is 93.5 Å². The maximum absolute atomic E-state index is 13.4. The molecule has 1 aliphatic rings. The van der Waals surface area contributed by atoms with Gasteiger partial charge in [0.15, 0.2) is 0 Å². The summed E-state index contributed by atoms with van der Waals surface area (Å²) in [6.07, 6.45) is 3.01. The summed E-state index contributed by atoms with van der Waals surface area (Å²) in [7, 11) is 3.47. The standard InChI is InChI=1S/C48H56N4O8/c1-48(2,3)60-47(56)50(4)25-11-26-52-44-37(38(45(52)46(54)55)17-10-27-58-42-18-8-13-34-12-6-7-14-36(34)42)15-9-16-39(44)43-40(49-51(5)41(43)30-53)31-59-35-21-19-32(20-22-35)33-23-28-57-29-24-33/h6-9,12-16,18-22,33,53H,10-11,17,23-31H2,1-5H3,(H,54,55). The van der Waals surface area contributed by atoms with Crippen LogP contribution in [0.2, 0.25) is 0 Å². The first kappa shape index (κ1) is 42.3. The molecule has 1 amide bonds. The summed E-state index contributed by atoms with van der Waals surface area (Å²) in [5.41, 5.74) is 4.82. The smallest absolute Gasteiger partial charge is 0.410 e. The maximum Gasteiger partial charge on any atom is 0.410 e. The molecule has 0 radical (unpaired) electrons. The Morgan fingerprint density at radius 2 is 1.63 bits per heavy atom. The number of carbonyl (C=O) groups is 2. The molecule has 7 rings (SSSR count). The zero-order valence-corrected chi connectivity index (χ0v) is 35.3. The second-order valence-corrected chi connectivity index (χ2v) is 16.5. The van der Waals surface area contributed by atoms with Crippen LogP contribution < -0.4 is 9.47 Å². The average molecular weight is 817 g/mol. The summed E-state index contributed by atoms with van der Waals surface area (Å²) in [5.74, 6) is 0.895. The molecule has 3 heterocycles. The number of aromatic carboxylic acids is 1. The van der Waals surface area contributed by atoms with Crippen molar-refractivity contribution >= 4 is 33.7 Å². The number of amides is 1. The number of carboxylic acid groups (broad SMARTS) is 1. The van der Waals surface area contributed by atoms with Crippen LogP contribution in [0.5, 0.6) is 11.5 Å². The topological polar surface area (TPSA) is 138 Å². The van der Waals surface area contributed by atoms with Gasteiger partial charge in [0.2, 0.25) is 0 Å². The molecule has 12 heteroatoms. The minimum absolute atomic E-state index is 0.127. The molecule has 316 valence electrons. The molecule has 1 aliphatic heterocycles. The number of fused-ring (bicyclic) bond motifs is 2. The third-order valence-corrected chi connectivity index (χ3v) is 11.2. The van der Waals surface area contributed by atoms with Crippen LogP contribution in [0.15, 0.2) is 84.9 Å². The number of aromatic nitrogens is 3. The lowest BCUT2D eigenvalue weighted by Gasteiger charge is -2.24. The van der Waals surface area contributed by atoms with Gasteiger partial charge in [0.1, 0.15) is 35.1 Å². The number of aliphatic hydroxyl groups excluding tert-OH is 1. The average Bonchev–Trinajstić information content (AvgIpc) is 3.74. The van der Waals surface area contributed by atoms with Crippen LogP contribution in [0.4, 0.5) is 4.79 Å². The molecule has 2 aromatic heterocycles. The van der Waals surface area contributed by atoms with Crippen LogP contribution in [0.3, 0.4) is 0 Å². The van der Waals surface area contributed by atoms with Gasteiger partial charge in [0.25, 0.3) is 0 Å². The number of nitrogens with zero attached hydrogens (tertiary/aromatic N) is 4. The lowest BCUT2D eigenvalue weighted by molar-refractivity contribution is 0.0294. The lowest BCUT2D eigenvalue weighted by atomic mass is 9.92. The fourth-order valence-electron chi connectivity index (χ4n) is 8.28. The Kier molecular flexibility index (Phi) is 13.1. The number of aryl methyl sites for hydroxylation is 3. The quantitative estimate of drug-likeness (QED) is 0.0917. The van der Waals surface area contributed by atoms with Crippen molar-refractivity contribution in [2.75, 3.05) is 33.4 Å². The fraction of sp³-hybridized carbons (Fsp3) is 0.396. The van der Waals surface area contributed by atoms with Crippen molar-refractivity contribution in [1.82, 2.24) is 19.2 Å². The van der Waals surface area contributed by atoms with Crippen LogP contribution in [0, 0.1) is 0 Å². The lowest BCUT2D eigenvalue weighted by Crippen LogP contribution is -2.35. The van der Waals surface area contributed by atoms with Gasteiger partial charge in [-0.2, -0.15) is 5.10 Å². The Bertz CT molecular complexity index is 2430. The second-order valence-electron chi connectivity index (χ2n) is 16.5. The van der Waals surface area contributed by atoms with Gasteiger partial charge in [-0.1, -0.05) is 66.7 Å². The van der Waals surface area contributed by atoms with Crippen molar-refractivity contribution in [3.63, 3.8) is 0 Å². The van der Waals surface area contributed by atoms with Crippen molar-refractivity contribution in [2.45, 2.75) is 84.2 Å². The second kappa shape index (κ2) is 18.6. The van der Waals surface area contributed by atoms with Crippen LogP contribution in [0.25, 0.3) is 32.8 Å². The molecule has 60 heavy (non-hydrogen) atoms. The summed E-state index contributed by atoms with van der Waals surface area (Å²) in [6, 6.07) is 28.1. The van der Waals surface area contributed by atoms with Crippen molar-refractivity contribution in [2.24, 2.45) is 7.05 Å². The van der Waals surface area contributed by atoms with E-state index < -0.39 is 17.7 Å². The SMILES string of the molecule is CN(CCCn1c(C(=O)O)c(CCCOc2cccc3ccccc23)c2cccc(-c3c(COc4ccc(C5CCOCC5)cc4)nn(C)c3CO)c21)C(=O)OC(C)(C)C. The largest absolute Gasteiger partial charge is 0.493 e. The van der Waals surface area contributed by atoms with E-state index in [0.29, 0.717) is 78.7 Å². The number of benzene rings is 4. The van der Waals surface area contributed by atoms with Gasteiger partial charge in [-0.25, -0.2) is 9.59 Å². The highest BCUT2D eigenvalue weighted by Crippen LogP contribution is 2.39. The summed E-state index contributed by atoms with van der Waals surface area (Å²) < 4.78 is 27.3. The highest BCUT2D eigenvalue weighted by molar-refractivity contribution is 6.04. The van der Waals surface area contributed by atoms with E-state index in [2.05, 4.69) is 12.1 Å². The Labute approximate surface area is 351 Å². The van der Waals surface area contributed by atoms with Gasteiger partial charge in [-0.15, -0.1) is 0 Å². The number of rotatable bonds is 16. The number of hydrogen-bond acceptors (Lipinski definition) is 8. The highest BCUT2D eigenvalue weighted by atomic mass is 16.6. The van der Waals surface area contributed by atoms with E-state index in [9.17, 15) is 19.8 Å². The zero-order valence-electron chi connectivity index (χ0n) is 35.3. The van der Waals surface area contributed by atoms with Gasteiger partial charge in [0, 0.05) is 62.3 Å². The molecule has 0 aliphatic carbocycles. The summed E-state index contributed by atoms with van der Waals surface area (Å²) >= 11 is 0. The molecule has 2 N–H and O–H groups in total. The zero-order chi connectivity index (χ0) is 42.4. The van der Waals surface area contributed by atoms with Crippen LogP contribution in [0.1, 0.15) is 85.4 Å². The molecule has 6 aromatic rings. The first-order valence-corrected chi connectivity index (χ1v) is 20.8. The molecule has 0 saturated carbocycles. The van der Waals surface area contributed by atoms with Crippen molar-refractivity contribution < 1.29 is 38.7 Å². The van der Waals surface area contributed by atoms with Gasteiger partial charge in [0.05, 0.1) is 24.4 Å². The minimum atomic E-state index is -1.05. The normalized spacial score (nSPS) is 13.5. The van der Waals surface area contributed by atoms with Crippen LogP contribution >= 0.6 is 0 Å². The molecule has 0 bridgehead atoms. The molecule has 0 spiro atoms. The number of ether oxygens (including phenoxy) is 4. The van der Waals surface area contributed by atoms with E-state index in [4.69, 9.17) is 24.0 Å². The predicted octanol–water partition coefficient (Wildman–Crippen LogP) is 9.13. The van der Waals surface area contributed by atoms with Crippen molar-refractivity contribution in [3.05, 3.63) is 113 Å². The van der Waals surface area contributed by atoms with Gasteiger partial charge in [-0.3, -0.25) is 4.68 Å². The van der Waals surface area contributed by atoms with E-state index in [0.717, 1.165) is 53.5 Å².